The van der Waals surface area contributed by atoms with E-state index in [0.29, 0.717) is 5.56 Å². The molecule has 5 nitrogen and oxygen atoms in total. The Hall–Kier alpha value is -1.88. The highest BCUT2D eigenvalue weighted by molar-refractivity contribution is 5.97. The average molecular weight is 290 g/mol. The minimum atomic E-state index is -1.02. The van der Waals surface area contributed by atoms with Gasteiger partial charge in [0.05, 0.1) is 5.56 Å². The Morgan fingerprint density at radius 1 is 1.33 bits per heavy atom. The van der Waals surface area contributed by atoms with E-state index in [1.807, 2.05) is 0 Å². The number of rotatable bonds is 3. The number of carbonyl (C=O) groups excluding carboxylic acids is 1. The molecule has 0 aliphatic carbocycles. The lowest BCUT2D eigenvalue weighted by atomic mass is 9.86. The number of carboxylic acids is 1. The maximum Gasteiger partial charge on any atom is 0.335 e. The second-order valence-electron chi connectivity index (χ2n) is 6.39. The van der Waals surface area contributed by atoms with Crippen molar-refractivity contribution in [3.8, 4) is 0 Å². The third kappa shape index (κ3) is 4.29. The van der Waals surface area contributed by atoms with Crippen LogP contribution in [0.25, 0.3) is 0 Å². The molecule has 1 atom stereocenters. The fraction of sp³-hybridized carbons (Fsp3) is 0.500. The number of nitrogens with one attached hydrogen (secondary N) is 2. The summed E-state index contributed by atoms with van der Waals surface area (Å²) in [6.07, 6.45) is 1.79. The van der Waals surface area contributed by atoms with Gasteiger partial charge in [-0.05, 0) is 43.0 Å². The predicted octanol–water partition coefficient (Wildman–Crippen LogP) is 1.89. The zero-order valence-corrected chi connectivity index (χ0v) is 12.5. The second kappa shape index (κ2) is 6.26. The van der Waals surface area contributed by atoms with E-state index in [4.69, 9.17) is 5.11 Å². The molecule has 1 fully saturated rings. The van der Waals surface area contributed by atoms with E-state index in [-0.39, 0.29) is 22.9 Å². The highest BCUT2D eigenvalue weighted by Crippen LogP contribution is 2.24. The quantitative estimate of drug-likeness (QED) is 0.794. The van der Waals surface area contributed by atoms with Crippen LogP contribution in [0.15, 0.2) is 24.3 Å². The third-order valence-corrected chi connectivity index (χ3v) is 3.78. The van der Waals surface area contributed by atoms with Gasteiger partial charge in [-0.2, -0.15) is 0 Å². The lowest BCUT2D eigenvalue weighted by molar-refractivity contribution is 0.0697. The van der Waals surface area contributed by atoms with Crippen molar-refractivity contribution in [3.63, 3.8) is 0 Å². The summed E-state index contributed by atoms with van der Waals surface area (Å²) in [7, 11) is 0. The van der Waals surface area contributed by atoms with E-state index in [1.54, 1.807) is 12.1 Å². The summed E-state index contributed by atoms with van der Waals surface area (Å²) >= 11 is 0. The molecule has 1 unspecified atom stereocenters. The summed E-state index contributed by atoms with van der Waals surface area (Å²) in [5.41, 5.74) is 0.660. The van der Waals surface area contributed by atoms with Crippen molar-refractivity contribution in [2.75, 3.05) is 13.1 Å². The highest BCUT2D eigenvalue weighted by atomic mass is 16.4. The van der Waals surface area contributed by atoms with Crippen LogP contribution in [0.2, 0.25) is 0 Å². The molecule has 1 aromatic rings. The average Bonchev–Trinajstić information content (AvgIpc) is 2.59. The minimum absolute atomic E-state index is 0.107. The van der Waals surface area contributed by atoms with E-state index in [9.17, 15) is 9.59 Å². The second-order valence-corrected chi connectivity index (χ2v) is 6.39. The fourth-order valence-electron chi connectivity index (χ4n) is 2.73. The molecule has 1 saturated heterocycles. The van der Waals surface area contributed by atoms with E-state index < -0.39 is 5.97 Å². The summed E-state index contributed by atoms with van der Waals surface area (Å²) < 4.78 is 0. The van der Waals surface area contributed by atoms with Crippen LogP contribution < -0.4 is 10.6 Å². The molecule has 1 amide bonds. The van der Waals surface area contributed by atoms with Crippen molar-refractivity contribution < 1.29 is 14.7 Å². The Kier molecular flexibility index (Phi) is 4.63. The first-order valence-corrected chi connectivity index (χ1v) is 7.22. The fourth-order valence-corrected chi connectivity index (χ4v) is 2.73. The molecule has 0 radical (unpaired) electrons. The smallest absolute Gasteiger partial charge is 0.335 e. The Morgan fingerprint density at radius 2 is 2.05 bits per heavy atom. The number of hydrogen-bond donors (Lipinski definition) is 3. The van der Waals surface area contributed by atoms with Crippen molar-refractivity contribution in [1.29, 1.82) is 0 Å². The summed E-state index contributed by atoms with van der Waals surface area (Å²) in [4.78, 5) is 23.2. The molecular weight excluding hydrogens is 268 g/mol. The first-order chi connectivity index (χ1) is 9.87. The van der Waals surface area contributed by atoms with Crippen LogP contribution in [0.3, 0.4) is 0 Å². The van der Waals surface area contributed by atoms with Crippen molar-refractivity contribution >= 4 is 11.9 Å². The zero-order valence-electron chi connectivity index (χ0n) is 12.5. The van der Waals surface area contributed by atoms with Crippen LogP contribution in [0.5, 0.6) is 0 Å². The molecular formula is C16H22N2O3. The van der Waals surface area contributed by atoms with Crippen LogP contribution in [0, 0.1) is 5.41 Å². The Labute approximate surface area is 124 Å². The summed E-state index contributed by atoms with van der Waals surface area (Å²) in [6, 6.07) is 6.24. The van der Waals surface area contributed by atoms with Gasteiger partial charge in [0, 0.05) is 18.2 Å². The van der Waals surface area contributed by atoms with Gasteiger partial charge in [0.2, 0.25) is 0 Å². The molecule has 5 heteroatoms. The van der Waals surface area contributed by atoms with Gasteiger partial charge in [-0.3, -0.25) is 4.79 Å². The summed E-state index contributed by atoms with van der Waals surface area (Å²) in [6.45, 7) is 6.17. The molecule has 1 heterocycles. The zero-order chi connectivity index (χ0) is 15.5. The highest BCUT2D eigenvalue weighted by Gasteiger charge is 2.27. The number of hydrogen-bond acceptors (Lipinski definition) is 3. The molecule has 1 aliphatic heterocycles. The largest absolute Gasteiger partial charge is 0.478 e. The maximum absolute atomic E-state index is 12.3. The molecule has 0 aromatic heterocycles. The van der Waals surface area contributed by atoms with Crippen molar-refractivity contribution in [2.45, 2.75) is 32.7 Å². The first-order valence-electron chi connectivity index (χ1n) is 7.22. The minimum Gasteiger partial charge on any atom is -0.478 e. The molecule has 0 saturated carbocycles. The van der Waals surface area contributed by atoms with Crippen LogP contribution in [0.1, 0.15) is 47.4 Å². The van der Waals surface area contributed by atoms with Crippen LogP contribution >= 0.6 is 0 Å². The van der Waals surface area contributed by atoms with Gasteiger partial charge in [0.15, 0.2) is 0 Å². The lowest BCUT2D eigenvalue weighted by Crippen LogP contribution is -2.38. The van der Waals surface area contributed by atoms with Crippen molar-refractivity contribution in [1.82, 2.24) is 10.6 Å². The van der Waals surface area contributed by atoms with Crippen LogP contribution in [0.4, 0.5) is 0 Å². The molecule has 0 spiro atoms. The SMILES string of the molecule is CC1(C)CNCCC(NC(=O)c2cccc(C(=O)O)c2)C1. The molecule has 3 N–H and O–H groups in total. The monoisotopic (exact) mass is 290 g/mol. The Bertz CT molecular complexity index is 540. The third-order valence-electron chi connectivity index (χ3n) is 3.78. The number of amides is 1. The van der Waals surface area contributed by atoms with Gasteiger partial charge < -0.3 is 15.7 Å². The van der Waals surface area contributed by atoms with Gasteiger partial charge >= 0.3 is 5.97 Å². The van der Waals surface area contributed by atoms with Crippen LogP contribution in [-0.4, -0.2) is 36.1 Å². The van der Waals surface area contributed by atoms with Gasteiger partial charge in [-0.15, -0.1) is 0 Å². The molecule has 1 aromatic carbocycles. The summed E-state index contributed by atoms with van der Waals surface area (Å²) in [5, 5.41) is 15.4. The maximum atomic E-state index is 12.3. The Balaban J connectivity index is 2.06. The van der Waals surface area contributed by atoms with Gasteiger partial charge in [0.25, 0.3) is 5.91 Å². The van der Waals surface area contributed by atoms with E-state index >= 15 is 0 Å². The van der Waals surface area contributed by atoms with Crippen LogP contribution in [-0.2, 0) is 0 Å². The molecule has 2 rings (SSSR count). The molecule has 21 heavy (non-hydrogen) atoms. The van der Waals surface area contributed by atoms with E-state index in [2.05, 4.69) is 24.5 Å². The number of benzene rings is 1. The molecule has 1 aliphatic rings. The predicted molar refractivity (Wildman–Crippen MR) is 80.5 cm³/mol. The first kappa shape index (κ1) is 15.5. The summed E-state index contributed by atoms with van der Waals surface area (Å²) in [5.74, 6) is -1.23. The van der Waals surface area contributed by atoms with Gasteiger partial charge in [-0.25, -0.2) is 4.79 Å². The van der Waals surface area contributed by atoms with E-state index in [0.717, 1.165) is 25.9 Å². The van der Waals surface area contributed by atoms with Crippen molar-refractivity contribution in [3.05, 3.63) is 35.4 Å². The van der Waals surface area contributed by atoms with Crippen molar-refractivity contribution in [2.24, 2.45) is 5.41 Å². The van der Waals surface area contributed by atoms with Gasteiger partial charge in [-0.1, -0.05) is 19.9 Å². The van der Waals surface area contributed by atoms with Gasteiger partial charge in [0.1, 0.15) is 0 Å². The number of aromatic carboxylic acids is 1. The van der Waals surface area contributed by atoms with E-state index in [1.165, 1.54) is 12.1 Å². The normalized spacial score (nSPS) is 21.3. The number of carbonyl (C=O) groups is 2. The molecule has 114 valence electrons. The standard InChI is InChI=1S/C16H22N2O3/c1-16(2)9-13(6-7-17-10-16)18-14(19)11-4-3-5-12(8-11)15(20)21/h3-5,8,13,17H,6-7,9-10H2,1-2H3,(H,18,19)(H,20,21). The Morgan fingerprint density at radius 3 is 2.76 bits per heavy atom. The molecule has 0 bridgehead atoms. The topological polar surface area (TPSA) is 78.4 Å². The lowest BCUT2D eigenvalue weighted by Gasteiger charge is -2.26. The number of carboxylic acid groups (broad SMARTS) is 1.